The molecule has 5 aromatic rings. The summed E-state index contributed by atoms with van der Waals surface area (Å²) in [5.41, 5.74) is 54.2. The van der Waals surface area contributed by atoms with Crippen LogP contribution in [0.15, 0.2) is 97.3 Å². The topological polar surface area (TPSA) is 229 Å². The molecule has 0 saturated heterocycles. The minimum atomic E-state index is -0.00306. The number of aryl methyl sites for hydroxylation is 3. The lowest BCUT2D eigenvalue weighted by atomic mass is 10.1. The van der Waals surface area contributed by atoms with Crippen LogP contribution in [0.25, 0.3) is 5.69 Å². The van der Waals surface area contributed by atoms with Crippen molar-refractivity contribution in [2.75, 3.05) is 45.9 Å². The molecule has 0 radical (unpaired) electrons. The zero-order valence-corrected chi connectivity index (χ0v) is 25.7. The van der Waals surface area contributed by atoms with Gasteiger partial charge in [-0.1, -0.05) is 37.3 Å². The van der Waals surface area contributed by atoms with Gasteiger partial charge in [0, 0.05) is 23.8 Å². The van der Waals surface area contributed by atoms with Gasteiger partial charge in [-0.25, -0.2) is 0 Å². The summed E-state index contributed by atoms with van der Waals surface area (Å²) >= 11 is 0. The summed E-state index contributed by atoms with van der Waals surface area (Å²) in [5, 5.41) is 0. The van der Waals surface area contributed by atoms with Gasteiger partial charge < -0.3 is 45.9 Å². The number of Topliss-reactive ketones (excluding diaryl/α,β-unsaturated/α-hetero) is 1. The molecule has 0 aliphatic heterocycles. The third-order valence-electron chi connectivity index (χ3n) is 6.34. The van der Waals surface area contributed by atoms with Gasteiger partial charge in [0.15, 0.2) is 18.2 Å². The summed E-state index contributed by atoms with van der Waals surface area (Å²) < 4.78 is 1.95. The number of hydrogen-bond acceptors (Lipinski definition) is 9. The van der Waals surface area contributed by atoms with Crippen LogP contribution < -0.4 is 50.4 Å². The van der Waals surface area contributed by atoms with Crippen LogP contribution in [0.3, 0.4) is 0 Å². The minimum Gasteiger partial charge on any atom is -0.397 e. The number of pyridine rings is 1. The molecule has 0 fully saturated rings. The molecule has 1 aromatic heterocycles. The maximum Gasteiger partial charge on any atom is 0.210 e. The van der Waals surface area contributed by atoms with Gasteiger partial charge in [0.1, 0.15) is 5.69 Å². The lowest BCUT2D eigenvalue weighted by Gasteiger charge is -2.00. The second-order valence-electron chi connectivity index (χ2n) is 10.3. The van der Waals surface area contributed by atoms with Gasteiger partial charge in [0.25, 0.3) is 0 Å². The van der Waals surface area contributed by atoms with E-state index in [-0.39, 0.29) is 13.2 Å². The van der Waals surface area contributed by atoms with E-state index in [4.69, 9.17) is 45.9 Å². The Balaban J connectivity index is 0.000000305. The van der Waals surface area contributed by atoms with Crippen LogP contribution in [0, 0.1) is 20.8 Å². The zero-order chi connectivity index (χ0) is 33.0. The van der Waals surface area contributed by atoms with E-state index in [1.165, 1.54) is 12.5 Å². The molecule has 0 bridgehead atoms. The third-order valence-corrected chi connectivity index (χ3v) is 6.34. The lowest BCUT2D eigenvalue weighted by Crippen LogP contribution is -2.30. The highest BCUT2D eigenvalue weighted by atomic mass is 16.1. The molecule has 0 atom stereocenters. The van der Waals surface area contributed by atoms with Crippen molar-refractivity contribution >= 4 is 51.3 Å². The molecule has 0 spiro atoms. The molecule has 238 valence electrons. The highest BCUT2D eigenvalue weighted by molar-refractivity contribution is 5.95. The summed E-state index contributed by atoms with van der Waals surface area (Å²) in [4.78, 5) is 10.8. The van der Waals surface area contributed by atoms with E-state index in [9.17, 15) is 4.79 Å². The first-order valence-electron chi connectivity index (χ1n) is 13.7. The second-order valence-corrected chi connectivity index (χ2v) is 10.3. The maximum absolute atomic E-state index is 10.8. The second kappa shape index (κ2) is 17.3. The molecule has 0 aliphatic rings. The normalized spacial score (nSPS) is 9.51. The van der Waals surface area contributed by atoms with Crippen molar-refractivity contribution in [2.45, 2.75) is 35.1 Å². The highest BCUT2D eigenvalue weighted by Gasteiger charge is 2.07. The number of ketones is 1. The van der Waals surface area contributed by atoms with Crippen LogP contribution in [0.4, 0.5) is 45.5 Å². The Morgan fingerprint density at radius 3 is 1.27 bits per heavy atom. The fourth-order valence-electron chi connectivity index (χ4n) is 3.58. The Hall–Kier alpha value is -5.90. The number of anilines is 8. The van der Waals surface area contributed by atoms with Gasteiger partial charge in [-0.15, -0.1) is 0 Å². The first-order chi connectivity index (χ1) is 20.7. The van der Waals surface area contributed by atoms with Gasteiger partial charge in [0.2, 0.25) is 5.69 Å². The highest BCUT2D eigenvalue weighted by Crippen LogP contribution is 2.17. The first kappa shape index (κ1) is 37.1. The van der Waals surface area contributed by atoms with Gasteiger partial charge in [-0.2, -0.15) is 4.57 Å². The van der Waals surface area contributed by atoms with Gasteiger partial charge >= 0.3 is 0 Å². The Labute approximate surface area is 266 Å². The molecule has 0 saturated carbocycles. The molecule has 0 amide bonds. The van der Waals surface area contributed by atoms with Crippen molar-refractivity contribution in [3.63, 3.8) is 0 Å². The molecule has 10 nitrogen and oxygen atoms in total. The molecular formula is C35H48N9O+. The minimum absolute atomic E-state index is 0. The number of carbonyl (C=O) groups excluding carboxylic acids is 1. The number of rotatable bonds is 2. The summed E-state index contributed by atoms with van der Waals surface area (Å²) in [6, 6.07) is 26.1. The molecule has 4 aromatic carbocycles. The van der Waals surface area contributed by atoms with E-state index >= 15 is 0 Å². The van der Waals surface area contributed by atoms with Crippen LogP contribution in [0.1, 0.15) is 41.4 Å². The summed E-state index contributed by atoms with van der Waals surface area (Å²) in [6.07, 6.45) is 3.72. The van der Waals surface area contributed by atoms with Gasteiger partial charge in [0.05, 0.1) is 39.8 Å². The fraction of sp³-hybridized carbons (Fsp3) is 0.143. The molecule has 5 rings (SSSR count). The van der Waals surface area contributed by atoms with E-state index in [2.05, 4.69) is 19.1 Å². The predicted molar refractivity (Wildman–Crippen MR) is 194 cm³/mol. The van der Waals surface area contributed by atoms with Crippen LogP contribution in [-0.2, 0) is 0 Å². The number of benzene rings is 4. The number of nitrogen functional groups attached to an aromatic ring is 8. The lowest BCUT2D eigenvalue weighted by molar-refractivity contribution is -0.594. The Bertz CT molecular complexity index is 1650. The zero-order valence-electron chi connectivity index (χ0n) is 25.7. The Morgan fingerprint density at radius 1 is 0.489 bits per heavy atom. The summed E-state index contributed by atoms with van der Waals surface area (Å²) in [6.45, 7) is 7.52. The largest absolute Gasteiger partial charge is 0.397 e. The number of nitrogens with zero attached hydrogens (tertiary/aromatic N) is 1. The molecule has 0 unspecified atom stereocenters. The van der Waals surface area contributed by atoms with Crippen LogP contribution in [0.2, 0.25) is 0 Å². The molecule has 16 N–H and O–H groups in total. The number of nitrogens with two attached hydrogens (primary N) is 8. The Morgan fingerprint density at radius 2 is 0.889 bits per heavy atom. The first-order valence-corrected chi connectivity index (χ1v) is 13.7. The van der Waals surface area contributed by atoms with Crippen molar-refractivity contribution in [2.24, 2.45) is 0 Å². The van der Waals surface area contributed by atoms with E-state index in [1.807, 2.05) is 79.3 Å². The van der Waals surface area contributed by atoms with Crippen molar-refractivity contribution in [3.8, 4) is 5.69 Å². The third kappa shape index (κ3) is 12.1. The predicted octanol–water partition coefficient (Wildman–Crippen LogP) is 5.44. The fourth-order valence-corrected chi connectivity index (χ4v) is 3.58. The van der Waals surface area contributed by atoms with E-state index < -0.39 is 0 Å². The van der Waals surface area contributed by atoms with E-state index in [1.54, 1.807) is 24.3 Å². The smallest absolute Gasteiger partial charge is 0.210 e. The molecular weight excluding hydrogens is 562 g/mol. The van der Waals surface area contributed by atoms with Crippen molar-refractivity contribution in [1.29, 1.82) is 0 Å². The monoisotopic (exact) mass is 610 g/mol. The van der Waals surface area contributed by atoms with Crippen LogP contribution >= 0.6 is 0 Å². The number of hydrogen-bond donors (Lipinski definition) is 8. The van der Waals surface area contributed by atoms with Gasteiger partial charge in [-0.3, -0.25) is 4.79 Å². The van der Waals surface area contributed by atoms with Crippen molar-refractivity contribution in [3.05, 3.63) is 120 Å². The standard InChI is InChI=1S/C12H13N3.C8H10N2O.2C7H10N2.CH4/c1-9-2-4-10(5-3-9)15-7-6-11(13)12(14)8-15;1-5(11)6-2-3-7(9)8(10)4-6;2*1-5-2-3-6(8)7(9)4-5;/h2-8,13H,14H2,1H3;2-4H,9-10H2,1H3;2*2-4H,8-9H2,1H3;1H4/p+1. The SMILES string of the molecule is C.CC(=O)c1ccc(N)c(N)c1.Cc1ccc(-[n+]2ccc(N)c(N)c2)cc1.Cc1ccc(N)c(N)c1.Cc1ccc(N)c(N)c1. The molecule has 10 heteroatoms. The average Bonchev–Trinajstić information content (AvgIpc) is 2.97. The van der Waals surface area contributed by atoms with Gasteiger partial charge in [-0.05, 0) is 81.3 Å². The van der Waals surface area contributed by atoms with Crippen LogP contribution in [0.5, 0.6) is 0 Å². The average molecular weight is 611 g/mol. The Kier molecular flexibility index (Phi) is 14.3. The molecule has 0 aliphatic carbocycles. The quantitative estimate of drug-likeness (QED) is 0.0721. The van der Waals surface area contributed by atoms with Crippen molar-refractivity contribution < 1.29 is 9.36 Å². The molecule has 45 heavy (non-hydrogen) atoms. The van der Waals surface area contributed by atoms with E-state index in [0.717, 1.165) is 16.8 Å². The van der Waals surface area contributed by atoms with E-state index in [0.29, 0.717) is 51.1 Å². The van der Waals surface area contributed by atoms with Crippen LogP contribution in [-0.4, -0.2) is 5.78 Å². The summed E-state index contributed by atoms with van der Waals surface area (Å²) in [7, 11) is 0. The summed E-state index contributed by atoms with van der Waals surface area (Å²) in [5.74, 6) is -0.00306. The number of aromatic nitrogens is 1. The maximum atomic E-state index is 10.8. The molecule has 1 heterocycles. The van der Waals surface area contributed by atoms with Crippen molar-refractivity contribution in [1.82, 2.24) is 0 Å². The number of carbonyl (C=O) groups is 1.